The van der Waals surface area contributed by atoms with Crippen LogP contribution in [0.25, 0.3) is 0 Å². The summed E-state index contributed by atoms with van der Waals surface area (Å²) in [4.78, 5) is 5.08. The number of rotatable bonds is 7. The Labute approximate surface area is 225 Å². The van der Waals surface area contributed by atoms with Crippen molar-refractivity contribution >= 4 is 0 Å². The maximum absolute atomic E-state index is 13.6. The first-order valence-corrected chi connectivity index (χ1v) is 14.4. The molecule has 0 aromatic heterocycles. The zero-order valence-corrected chi connectivity index (χ0v) is 22.2. The summed E-state index contributed by atoms with van der Waals surface area (Å²) in [6, 6.07) is 18.8. The highest BCUT2D eigenvalue weighted by molar-refractivity contribution is 5.48. The third-order valence-corrected chi connectivity index (χ3v) is 8.86. The van der Waals surface area contributed by atoms with Gasteiger partial charge >= 0.3 is 0 Å². The van der Waals surface area contributed by atoms with Crippen molar-refractivity contribution in [3.8, 4) is 5.75 Å². The molecule has 0 spiro atoms. The van der Waals surface area contributed by atoms with Gasteiger partial charge in [0, 0.05) is 42.7 Å². The molecular formula is C33H38F2N2O. The minimum Gasteiger partial charge on any atom is -0.477 e. The van der Waals surface area contributed by atoms with Crippen LogP contribution in [0.15, 0.2) is 60.7 Å². The van der Waals surface area contributed by atoms with Gasteiger partial charge in [0.2, 0.25) is 0 Å². The molecule has 1 fully saturated rings. The summed E-state index contributed by atoms with van der Waals surface area (Å²) in [5, 5.41) is 0. The molecule has 0 bridgehead atoms. The number of hydrogen-bond acceptors (Lipinski definition) is 3. The molecule has 3 aromatic rings. The summed E-state index contributed by atoms with van der Waals surface area (Å²) >= 11 is 0. The average molecular weight is 517 g/mol. The van der Waals surface area contributed by atoms with E-state index in [1.54, 1.807) is 0 Å². The highest BCUT2D eigenvalue weighted by atomic mass is 19.1. The molecule has 1 aliphatic carbocycles. The summed E-state index contributed by atoms with van der Waals surface area (Å²) in [5.74, 6) is 0.820. The number of benzene rings is 3. The van der Waals surface area contributed by atoms with E-state index < -0.39 is 0 Å². The average Bonchev–Trinajstić information content (AvgIpc) is 2.96. The van der Waals surface area contributed by atoms with E-state index in [1.165, 1.54) is 73.1 Å². The second kappa shape index (κ2) is 11.5. The molecule has 3 nitrogen and oxygen atoms in total. The molecule has 0 saturated heterocycles. The lowest BCUT2D eigenvalue weighted by atomic mass is 9.87. The number of halogens is 2. The molecule has 0 atom stereocenters. The first-order chi connectivity index (χ1) is 18.6. The maximum atomic E-state index is 13.6. The summed E-state index contributed by atoms with van der Waals surface area (Å²) in [6.45, 7) is 4.75. The fraction of sp³-hybridized carbons (Fsp3) is 0.455. The summed E-state index contributed by atoms with van der Waals surface area (Å²) < 4.78 is 33.5. The molecule has 2 heterocycles. The molecule has 0 radical (unpaired) electrons. The molecule has 38 heavy (non-hydrogen) atoms. The van der Waals surface area contributed by atoms with Crippen LogP contribution >= 0.6 is 0 Å². The Morgan fingerprint density at radius 3 is 2.13 bits per heavy atom. The van der Waals surface area contributed by atoms with Crippen LogP contribution in [0.2, 0.25) is 0 Å². The molecule has 3 aliphatic rings. The van der Waals surface area contributed by atoms with Gasteiger partial charge < -0.3 is 4.74 Å². The van der Waals surface area contributed by atoms with Gasteiger partial charge in [0.1, 0.15) is 24.1 Å². The van der Waals surface area contributed by atoms with Crippen molar-refractivity contribution < 1.29 is 13.5 Å². The normalized spacial score (nSPS) is 18.7. The molecule has 1 saturated carbocycles. The third-order valence-electron chi connectivity index (χ3n) is 8.86. The Morgan fingerprint density at radius 1 is 0.789 bits per heavy atom. The van der Waals surface area contributed by atoms with Gasteiger partial charge in [-0.1, -0.05) is 55.7 Å². The van der Waals surface area contributed by atoms with Crippen LogP contribution in [0.5, 0.6) is 5.75 Å². The number of hydrogen-bond donors (Lipinski definition) is 0. The zero-order valence-electron chi connectivity index (χ0n) is 22.2. The van der Waals surface area contributed by atoms with E-state index in [0.29, 0.717) is 6.04 Å². The van der Waals surface area contributed by atoms with Crippen molar-refractivity contribution in [1.29, 1.82) is 0 Å². The Hall–Kier alpha value is -2.76. The fourth-order valence-electron chi connectivity index (χ4n) is 6.75. The third kappa shape index (κ3) is 5.64. The van der Waals surface area contributed by atoms with E-state index >= 15 is 0 Å². The van der Waals surface area contributed by atoms with E-state index in [1.807, 2.05) is 24.3 Å². The summed E-state index contributed by atoms with van der Waals surface area (Å²) in [5.41, 5.74) is 6.32. The van der Waals surface area contributed by atoms with Gasteiger partial charge in [0.05, 0.1) is 0 Å². The lowest BCUT2D eigenvalue weighted by molar-refractivity contribution is 0.0391. The molecule has 0 N–H and O–H groups in total. The SMILES string of the molecule is Fc1ccc(C(CCCN2CCc3c(ccc4c3OCN(C3CCCCC3)C4)C2)c2ccc(F)cc2)cc1. The predicted molar refractivity (Wildman–Crippen MR) is 147 cm³/mol. The predicted octanol–water partition coefficient (Wildman–Crippen LogP) is 7.42. The molecule has 6 rings (SSSR count). The van der Waals surface area contributed by atoms with Crippen LogP contribution in [0, 0.1) is 11.6 Å². The number of nitrogens with zero attached hydrogens (tertiary/aromatic N) is 2. The van der Waals surface area contributed by atoms with E-state index in [0.717, 1.165) is 69.0 Å². The van der Waals surface area contributed by atoms with Gasteiger partial charge in [0.15, 0.2) is 0 Å². The van der Waals surface area contributed by atoms with Crippen LogP contribution in [-0.4, -0.2) is 35.7 Å². The lowest BCUT2D eigenvalue weighted by Crippen LogP contribution is -2.42. The first kappa shape index (κ1) is 25.5. The van der Waals surface area contributed by atoms with Crippen LogP contribution in [-0.2, 0) is 19.5 Å². The minimum absolute atomic E-state index is 0.126. The number of ether oxygens (including phenoxy) is 1. The molecule has 5 heteroatoms. The van der Waals surface area contributed by atoms with Crippen molar-refractivity contribution in [2.75, 3.05) is 19.8 Å². The summed E-state index contributed by atoms with van der Waals surface area (Å²) in [6.07, 6.45) is 9.68. The second-order valence-electron chi connectivity index (χ2n) is 11.3. The topological polar surface area (TPSA) is 15.7 Å². The lowest BCUT2D eigenvalue weighted by Gasteiger charge is -2.39. The molecule has 2 aliphatic heterocycles. The Kier molecular flexibility index (Phi) is 7.75. The maximum Gasteiger partial charge on any atom is 0.142 e. The molecule has 0 unspecified atom stereocenters. The smallest absolute Gasteiger partial charge is 0.142 e. The van der Waals surface area contributed by atoms with Crippen molar-refractivity contribution in [2.45, 2.75) is 76.4 Å². The number of fused-ring (bicyclic) bond motifs is 3. The Bertz CT molecular complexity index is 1180. The highest BCUT2D eigenvalue weighted by Gasteiger charge is 2.29. The zero-order chi connectivity index (χ0) is 25.9. The molecule has 0 amide bonds. The second-order valence-corrected chi connectivity index (χ2v) is 11.3. The van der Waals surface area contributed by atoms with Crippen molar-refractivity contribution in [3.05, 3.63) is 100 Å². The quantitative estimate of drug-likeness (QED) is 0.325. The standard InChI is InChI=1S/C33H38F2N2O/c34-28-14-10-24(11-15-28)31(25-12-16-29(35)17-13-25)7-4-19-36-20-18-32-26(21-36)8-9-27-22-37(23-38-33(27)32)30-5-2-1-3-6-30/h8-17,30-31H,1-7,18-23H2. The van der Waals surface area contributed by atoms with Gasteiger partial charge in [-0.3, -0.25) is 9.80 Å². The van der Waals surface area contributed by atoms with Gasteiger partial charge in [-0.2, -0.15) is 0 Å². The Balaban J connectivity index is 1.08. The largest absolute Gasteiger partial charge is 0.477 e. The Morgan fingerprint density at radius 2 is 1.45 bits per heavy atom. The van der Waals surface area contributed by atoms with Crippen LogP contribution in [0.1, 0.15) is 78.7 Å². The molecular weight excluding hydrogens is 478 g/mol. The van der Waals surface area contributed by atoms with Gasteiger partial charge in [-0.25, -0.2) is 8.78 Å². The van der Waals surface area contributed by atoms with E-state index in [4.69, 9.17) is 4.74 Å². The fourth-order valence-corrected chi connectivity index (χ4v) is 6.75. The van der Waals surface area contributed by atoms with Gasteiger partial charge in [0.25, 0.3) is 0 Å². The van der Waals surface area contributed by atoms with Gasteiger partial charge in [-0.15, -0.1) is 0 Å². The van der Waals surface area contributed by atoms with Gasteiger partial charge in [-0.05, 0) is 79.6 Å². The van der Waals surface area contributed by atoms with Crippen LogP contribution in [0.4, 0.5) is 8.78 Å². The minimum atomic E-state index is -0.230. The van der Waals surface area contributed by atoms with Crippen LogP contribution < -0.4 is 4.74 Å². The van der Waals surface area contributed by atoms with Crippen molar-refractivity contribution in [2.24, 2.45) is 0 Å². The van der Waals surface area contributed by atoms with Crippen molar-refractivity contribution in [1.82, 2.24) is 9.80 Å². The van der Waals surface area contributed by atoms with Crippen LogP contribution in [0.3, 0.4) is 0 Å². The van der Waals surface area contributed by atoms with E-state index in [9.17, 15) is 8.78 Å². The first-order valence-electron chi connectivity index (χ1n) is 14.4. The molecule has 3 aromatic carbocycles. The molecule has 200 valence electrons. The summed E-state index contributed by atoms with van der Waals surface area (Å²) in [7, 11) is 0. The van der Waals surface area contributed by atoms with E-state index in [-0.39, 0.29) is 17.6 Å². The highest BCUT2D eigenvalue weighted by Crippen LogP contribution is 2.37. The van der Waals surface area contributed by atoms with E-state index in [2.05, 4.69) is 21.9 Å². The monoisotopic (exact) mass is 516 g/mol. The van der Waals surface area contributed by atoms with Crippen molar-refractivity contribution in [3.63, 3.8) is 0 Å².